The smallest absolute Gasteiger partial charge is 0.0781 e. The minimum absolute atomic E-state index is 0.144. The quantitative estimate of drug-likeness (QED) is 0.329. The van der Waals surface area contributed by atoms with Gasteiger partial charge in [0.2, 0.25) is 0 Å². The highest BCUT2D eigenvalue weighted by Crippen LogP contribution is 2.16. The average Bonchev–Trinajstić information content (AvgIpc) is 2.40. The first-order chi connectivity index (χ1) is 9.20. The van der Waals surface area contributed by atoms with Crippen LogP contribution in [0.1, 0.15) is 84.0 Å². The summed E-state index contributed by atoms with van der Waals surface area (Å²) in [5.41, 5.74) is 0. The zero-order chi connectivity index (χ0) is 14.3. The van der Waals surface area contributed by atoms with Crippen LogP contribution in [0.3, 0.4) is 0 Å². The normalized spacial score (nSPS) is 14.5. The summed E-state index contributed by atoms with van der Waals surface area (Å²) in [5.74, 6) is 0. The summed E-state index contributed by atoms with van der Waals surface area (Å²) in [6.45, 7) is 2.11. The van der Waals surface area contributed by atoms with Crippen LogP contribution in [-0.2, 0) is 0 Å². The summed E-state index contributed by atoms with van der Waals surface area (Å²) in [6, 6.07) is 0. The Bertz CT molecular complexity index is 176. The molecule has 0 aromatic heterocycles. The van der Waals surface area contributed by atoms with Crippen LogP contribution in [0.5, 0.6) is 0 Å². The summed E-state index contributed by atoms with van der Waals surface area (Å²) >= 11 is 4.44. The van der Waals surface area contributed by atoms with Crippen LogP contribution >= 0.6 is 12.6 Å². The van der Waals surface area contributed by atoms with E-state index in [0.717, 1.165) is 6.42 Å². The topological polar surface area (TPSA) is 40.5 Å². The number of rotatable bonds is 14. The van der Waals surface area contributed by atoms with Gasteiger partial charge >= 0.3 is 0 Å². The first kappa shape index (κ1) is 19.3. The lowest BCUT2D eigenvalue weighted by Gasteiger charge is -2.13. The van der Waals surface area contributed by atoms with Gasteiger partial charge in [0.25, 0.3) is 0 Å². The molecule has 0 aromatic rings. The zero-order valence-electron chi connectivity index (χ0n) is 12.7. The van der Waals surface area contributed by atoms with Crippen molar-refractivity contribution in [1.29, 1.82) is 0 Å². The second kappa shape index (κ2) is 14.7. The van der Waals surface area contributed by atoms with Gasteiger partial charge in [-0.2, -0.15) is 12.6 Å². The maximum Gasteiger partial charge on any atom is 0.0781 e. The molecule has 0 aliphatic rings. The molecule has 0 fully saturated rings. The van der Waals surface area contributed by atoms with Gasteiger partial charge in [0.15, 0.2) is 0 Å². The lowest BCUT2D eigenvalue weighted by atomic mass is 10.0. The second-order valence-electron chi connectivity index (χ2n) is 5.70. The fraction of sp³-hybridized carbons (Fsp3) is 1.00. The summed E-state index contributed by atoms with van der Waals surface area (Å²) in [7, 11) is 0. The van der Waals surface area contributed by atoms with Gasteiger partial charge in [0, 0.05) is 5.25 Å². The number of aliphatic hydroxyl groups excluding tert-OH is 2. The molecule has 3 heteroatoms. The monoisotopic (exact) mass is 290 g/mol. The molecular formula is C16H34O2S. The molecule has 0 spiro atoms. The molecule has 0 saturated heterocycles. The molecule has 0 aliphatic heterocycles. The molecule has 0 amide bonds. The van der Waals surface area contributed by atoms with Gasteiger partial charge < -0.3 is 10.2 Å². The summed E-state index contributed by atoms with van der Waals surface area (Å²) in [5, 5.41) is 18.3. The maximum atomic E-state index is 9.29. The highest BCUT2D eigenvalue weighted by Gasteiger charge is 2.09. The van der Waals surface area contributed by atoms with Crippen molar-refractivity contribution in [3.05, 3.63) is 0 Å². The number of unbranched alkanes of at least 4 members (excludes halogenated alkanes) is 9. The molecule has 116 valence electrons. The third kappa shape index (κ3) is 14.5. The molecule has 0 saturated carbocycles. The fourth-order valence-electron chi connectivity index (χ4n) is 2.37. The van der Waals surface area contributed by atoms with Gasteiger partial charge in [0.05, 0.1) is 12.7 Å². The summed E-state index contributed by atoms with van der Waals surface area (Å²) < 4.78 is 0. The number of aliphatic hydroxyl groups is 2. The lowest BCUT2D eigenvalue weighted by Crippen LogP contribution is -2.17. The zero-order valence-corrected chi connectivity index (χ0v) is 13.6. The van der Waals surface area contributed by atoms with Gasteiger partial charge in [-0.15, -0.1) is 0 Å². The number of hydrogen-bond acceptors (Lipinski definition) is 3. The van der Waals surface area contributed by atoms with E-state index in [0.29, 0.717) is 6.42 Å². The average molecular weight is 291 g/mol. The SMILES string of the molecule is CCCCCCCCCCCCC(S)CC(O)CO. The van der Waals surface area contributed by atoms with Crippen molar-refractivity contribution >= 4 is 12.6 Å². The van der Waals surface area contributed by atoms with Crippen molar-refractivity contribution in [2.24, 2.45) is 0 Å². The maximum absolute atomic E-state index is 9.29. The molecule has 2 nitrogen and oxygen atoms in total. The van der Waals surface area contributed by atoms with Crippen molar-refractivity contribution in [3.63, 3.8) is 0 Å². The van der Waals surface area contributed by atoms with E-state index in [2.05, 4.69) is 19.6 Å². The largest absolute Gasteiger partial charge is 0.394 e. The molecule has 2 atom stereocenters. The van der Waals surface area contributed by atoms with Crippen LogP contribution in [0.25, 0.3) is 0 Å². The standard InChI is InChI=1S/C16H34O2S/c1-2-3-4-5-6-7-8-9-10-11-12-16(19)13-15(18)14-17/h15-19H,2-14H2,1H3. The second-order valence-corrected chi connectivity index (χ2v) is 6.43. The highest BCUT2D eigenvalue weighted by molar-refractivity contribution is 7.80. The first-order valence-electron chi connectivity index (χ1n) is 8.17. The predicted molar refractivity (Wildman–Crippen MR) is 86.9 cm³/mol. The minimum Gasteiger partial charge on any atom is -0.394 e. The van der Waals surface area contributed by atoms with Gasteiger partial charge in [-0.05, 0) is 12.8 Å². The van der Waals surface area contributed by atoms with Crippen molar-refractivity contribution in [2.75, 3.05) is 6.61 Å². The Balaban J connectivity index is 3.13. The van der Waals surface area contributed by atoms with Crippen LogP contribution in [0.2, 0.25) is 0 Å². The van der Waals surface area contributed by atoms with Crippen molar-refractivity contribution in [3.8, 4) is 0 Å². The van der Waals surface area contributed by atoms with Gasteiger partial charge in [-0.1, -0.05) is 71.1 Å². The molecule has 0 aromatic carbocycles. The van der Waals surface area contributed by atoms with Gasteiger partial charge in [-0.25, -0.2) is 0 Å². The Morgan fingerprint density at radius 2 is 1.32 bits per heavy atom. The van der Waals surface area contributed by atoms with E-state index in [1.165, 1.54) is 64.2 Å². The van der Waals surface area contributed by atoms with Crippen molar-refractivity contribution in [2.45, 2.75) is 95.3 Å². The Morgan fingerprint density at radius 3 is 1.79 bits per heavy atom. The van der Waals surface area contributed by atoms with Crippen LogP contribution < -0.4 is 0 Å². The molecule has 0 radical (unpaired) electrons. The van der Waals surface area contributed by atoms with Crippen LogP contribution in [-0.4, -0.2) is 28.2 Å². The summed E-state index contributed by atoms with van der Waals surface area (Å²) in [6.07, 6.45) is 14.6. The Kier molecular flexibility index (Phi) is 14.9. The predicted octanol–water partition coefficient (Wildman–Crippen LogP) is 4.34. The van der Waals surface area contributed by atoms with Crippen LogP contribution in [0.4, 0.5) is 0 Å². The van der Waals surface area contributed by atoms with E-state index in [-0.39, 0.29) is 11.9 Å². The third-order valence-electron chi connectivity index (χ3n) is 3.65. The molecule has 0 heterocycles. The van der Waals surface area contributed by atoms with E-state index in [4.69, 9.17) is 5.11 Å². The third-order valence-corrected chi connectivity index (χ3v) is 4.11. The number of hydrogen-bond donors (Lipinski definition) is 3. The summed E-state index contributed by atoms with van der Waals surface area (Å²) in [4.78, 5) is 0. The highest BCUT2D eigenvalue weighted by atomic mass is 32.1. The number of thiol groups is 1. The molecule has 0 rings (SSSR count). The first-order valence-corrected chi connectivity index (χ1v) is 8.69. The Labute approximate surface area is 125 Å². The molecular weight excluding hydrogens is 256 g/mol. The fourth-order valence-corrected chi connectivity index (χ4v) is 2.80. The molecule has 2 N–H and O–H groups in total. The van der Waals surface area contributed by atoms with Crippen LogP contribution in [0, 0.1) is 0 Å². The minimum atomic E-state index is -0.592. The van der Waals surface area contributed by atoms with Gasteiger partial charge in [-0.3, -0.25) is 0 Å². The van der Waals surface area contributed by atoms with E-state index < -0.39 is 6.10 Å². The van der Waals surface area contributed by atoms with E-state index in [9.17, 15) is 5.11 Å². The van der Waals surface area contributed by atoms with E-state index in [1.54, 1.807) is 0 Å². The van der Waals surface area contributed by atoms with Gasteiger partial charge in [0.1, 0.15) is 0 Å². The van der Waals surface area contributed by atoms with Crippen molar-refractivity contribution in [1.82, 2.24) is 0 Å². The molecule has 19 heavy (non-hydrogen) atoms. The molecule has 2 unspecified atom stereocenters. The Hall–Kier alpha value is 0.270. The molecule has 0 aliphatic carbocycles. The van der Waals surface area contributed by atoms with Crippen molar-refractivity contribution < 1.29 is 10.2 Å². The molecule has 0 bridgehead atoms. The Morgan fingerprint density at radius 1 is 0.842 bits per heavy atom. The van der Waals surface area contributed by atoms with E-state index >= 15 is 0 Å². The lowest BCUT2D eigenvalue weighted by molar-refractivity contribution is 0.0874. The van der Waals surface area contributed by atoms with E-state index in [1.807, 2.05) is 0 Å². The van der Waals surface area contributed by atoms with Crippen LogP contribution in [0.15, 0.2) is 0 Å².